The lowest BCUT2D eigenvalue weighted by atomic mass is 9.73. The van der Waals surface area contributed by atoms with Crippen molar-refractivity contribution in [2.75, 3.05) is 0 Å². The molecule has 0 heterocycles. The largest absolute Gasteiger partial charge is 0.0891 e. The fraction of sp³-hybridized carbons (Fsp3) is 1.00. The Morgan fingerprint density at radius 1 is 0.750 bits per heavy atom. The molecule has 0 amide bonds. The Hall–Kier alpha value is 0.480. The van der Waals surface area contributed by atoms with Crippen LogP contribution < -0.4 is 0 Å². The molecular weight excluding hydrogens is 212 g/mol. The number of hydrogen-bond donors (Lipinski definition) is 0. The van der Waals surface area contributed by atoms with Gasteiger partial charge in [-0.1, -0.05) is 54.5 Å². The van der Waals surface area contributed by atoms with Gasteiger partial charge in [0.05, 0.1) is 0 Å². The van der Waals surface area contributed by atoms with Crippen LogP contribution in [0.5, 0.6) is 0 Å². The monoisotopic (exact) mass is 230 g/mol. The van der Waals surface area contributed by atoms with Crippen LogP contribution in [0.15, 0.2) is 0 Å². The average Bonchev–Trinajstić information content (AvgIpc) is 2.10. The summed E-state index contributed by atoms with van der Waals surface area (Å²) in [5.41, 5.74) is 0. The van der Waals surface area contributed by atoms with Crippen molar-refractivity contribution < 1.29 is 0 Å². The first-order chi connectivity index (χ1) is 5.86. The molecule has 0 bridgehead atoms. The molecule has 0 spiro atoms. The van der Waals surface area contributed by atoms with Gasteiger partial charge >= 0.3 is 0 Å². The molecular formula is C11H19Br. The van der Waals surface area contributed by atoms with Crippen LogP contribution in [0.25, 0.3) is 0 Å². The first-order valence-corrected chi connectivity index (χ1v) is 6.42. The van der Waals surface area contributed by atoms with E-state index in [0.29, 0.717) is 0 Å². The average molecular weight is 231 g/mol. The first-order valence-electron chi connectivity index (χ1n) is 5.50. The fourth-order valence-electron chi connectivity index (χ4n) is 2.68. The summed E-state index contributed by atoms with van der Waals surface area (Å²) in [6, 6.07) is 0. The zero-order valence-electron chi connectivity index (χ0n) is 7.77. The predicted molar refractivity (Wildman–Crippen MR) is 56.6 cm³/mol. The van der Waals surface area contributed by atoms with Crippen molar-refractivity contribution in [2.24, 2.45) is 11.8 Å². The molecule has 0 nitrogen and oxygen atoms in total. The Kier molecular flexibility index (Phi) is 3.11. The minimum Gasteiger partial charge on any atom is -0.0891 e. The predicted octanol–water partition coefficient (Wildman–Crippen LogP) is 4.13. The standard InChI is InChI=1S/C11H19Br/c12-11-7-2-1-4-10(8-11)9-5-3-6-9/h9-11H,1-8H2. The molecule has 0 aromatic heterocycles. The Bertz CT molecular complexity index is 140. The molecule has 0 aromatic carbocycles. The zero-order chi connectivity index (χ0) is 8.39. The molecule has 0 N–H and O–H groups in total. The van der Waals surface area contributed by atoms with Crippen molar-refractivity contribution in [1.29, 1.82) is 0 Å². The van der Waals surface area contributed by atoms with Gasteiger partial charge in [-0.05, 0) is 24.7 Å². The van der Waals surface area contributed by atoms with Gasteiger partial charge < -0.3 is 0 Å². The highest BCUT2D eigenvalue weighted by Crippen LogP contribution is 2.41. The lowest BCUT2D eigenvalue weighted by Gasteiger charge is -2.33. The van der Waals surface area contributed by atoms with E-state index in [2.05, 4.69) is 15.9 Å². The summed E-state index contributed by atoms with van der Waals surface area (Å²) in [6.45, 7) is 0. The Labute approximate surface area is 84.2 Å². The van der Waals surface area contributed by atoms with Gasteiger partial charge in [0, 0.05) is 4.83 Å². The summed E-state index contributed by atoms with van der Waals surface area (Å²) in [4.78, 5) is 0.839. The molecule has 2 atom stereocenters. The molecule has 2 rings (SSSR count). The van der Waals surface area contributed by atoms with Gasteiger partial charge in [-0.15, -0.1) is 0 Å². The van der Waals surface area contributed by atoms with E-state index in [1.807, 2.05) is 0 Å². The van der Waals surface area contributed by atoms with Gasteiger partial charge in [0.25, 0.3) is 0 Å². The minimum atomic E-state index is 0.839. The van der Waals surface area contributed by atoms with Gasteiger partial charge in [-0.3, -0.25) is 0 Å². The highest BCUT2D eigenvalue weighted by atomic mass is 79.9. The van der Waals surface area contributed by atoms with E-state index in [0.717, 1.165) is 16.7 Å². The Balaban J connectivity index is 1.85. The molecule has 2 aliphatic rings. The second kappa shape index (κ2) is 4.13. The van der Waals surface area contributed by atoms with E-state index in [1.165, 1.54) is 51.4 Å². The summed E-state index contributed by atoms with van der Waals surface area (Å²) < 4.78 is 0. The van der Waals surface area contributed by atoms with Gasteiger partial charge in [0.2, 0.25) is 0 Å². The number of hydrogen-bond acceptors (Lipinski definition) is 0. The second-order valence-corrected chi connectivity index (χ2v) is 5.86. The van der Waals surface area contributed by atoms with Crippen molar-refractivity contribution in [3.8, 4) is 0 Å². The molecule has 2 unspecified atom stereocenters. The van der Waals surface area contributed by atoms with Crippen molar-refractivity contribution in [1.82, 2.24) is 0 Å². The topological polar surface area (TPSA) is 0 Å². The van der Waals surface area contributed by atoms with Gasteiger partial charge in [-0.25, -0.2) is 0 Å². The Morgan fingerprint density at radius 2 is 1.42 bits per heavy atom. The van der Waals surface area contributed by atoms with E-state index in [-0.39, 0.29) is 0 Å². The molecule has 2 fully saturated rings. The van der Waals surface area contributed by atoms with E-state index in [4.69, 9.17) is 0 Å². The van der Waals surface area contributed by atoms with Crippen LogP contribution >= 0.6 is 15.9 Å². The minimum absolute atomic E-state index is 0.839. The Morgan fingerprint density at radius 3 is 2.08 bits per heavy atom. The van der Waals surface area contributed by atoms with Crippen LogP contribution in [-0.4, -0.2) is 4.83 Å². The quantitative estimate of drug-likeness (QED) is 0.470. The second-order valence-electron chi connectivity index (χ2n) is 4.57. The van der Waals surface area contributed by atoms with E-state index in [1.54, 1.807) is 0 Å². The maximum absolute atomic E-state index is 3.80. The maximum Gasteiger partial charge on any atom is 0.0148 e. The van der Waals surface area contributed by atoms with Crippen LogP contribution in [0.1, 0.15) is 51.4 Å². The lowest BCUT2D eigenvalue weighted by Crippen LogP contribution is -2.23. The van der Waals surface area contributed by atoms with Crippen LogP contribution in [-0.2, 0) is 0 Å². The highest BCUT2D eigenvalue weighted by Gasteiger charge is 2.29. The number of alkyl halides is 1. The molecule has 12 heavy (non-hydrogen) atoms. The molecule has 2 saturated carbocycles. The molecule has 1 heteroatoms. The van der Waals surface area contributed by atoms with Gasteiger partial charge in [0.15, 0.2) is 0 Å². The van der Waals surface area contributed by atoms with Crippen molar-refractivity contribution in [3.63, 3.8) is 0 Å². The van der Waals surface area contributed by atoms with Gasteiger partial charge in [0.1, 0.15) is 0 Å². The summed E-state index contributed by atoms with van der Waals surface area (Å²) in [6.07, 6.45) is 11.9. The van der Waals surface area contributed by atoms with E-state index < -0.39 is 0 Å². The van der Waals surface area contributed by atoms with E-state index in [9.17, 15) is 0 Å². The van der Waals surface area contributed by atoms with Gasteiger partial charge in [-0.2, -0.15) is 0 Å². The van der Waals surface area contributed by atoms with Crippen molar-refractivity contribution in [2.45, 2.75) is 56.2 Å². The van der Waals surface area contributed by atoms with Crippen LogP contribution in [0, 0.1) is 11.8 Å². The molecule has 2 aliphatic carbocycles. The SMILES string of the molecule is BrC1CCCCC(C2CCC2)C1. The normalized spacial score (nSPS) is 38.8. The van der Waals surface area contributed by atoms with Crippen molar-refractivity contribution in [3.05, 3.63) is 0 Å². The zero-order valence-corrected chi connectivity index (χ0v) is 9.35. The van der Waals surface area contributed by atoms with Crippen LogP contribution in [0.4, 0.5) is 0 Å². The maximum atomic E-state index is 3.80. The fourth-order valence-corrected chi connectivity index (χ4v) is 3.48. The lowest BCUT2D eigenvalue weighted by molar-refractivity contribution is 0.189. The van der Waals surface area contributed by atoms with Crippen LogP contribution in [0.2, 0.25) is 0 Å². The first kappa shape index (κ1) is 9.05. The third kappa shape index (κ3) is 2.04. The summed E-state index contributed by atoms with van der Waals surface area (Å²) in [5.74, 6) is 2.19. The molecule has 70 valence electrons. The number of halogens is 1. The summed E-state index contributed by atoms with van der Waals surface area (Å²) in [5, 5.41) is 0. The molecule has 0 saturated heterocycles. The highest BCUT2D eigenvalue weighted by molar-refractivity contribution is 9.09. The molecule has 0 radical (unpaired) electrons. The molecule has 0 aromatic rings. The summed E-state index contributed by atoms with van der Waals surface area (Å²) in [7, 11) is 0. The van der Waals surface area contributed by atoms with E-state index >= 15 is 0 Å². The third-order valence-corrected chi connectivity index (χ3v) is 4.55. The smallest absolute Gasteiger partial charge is 0.0148 e. The van der Waals surface area contributed by atoms with Crippen molar-refractivity contribution >= 4 is 15.9 Å². The summed E-state index contributed by atoms with van der Waals surface area (Å²) >= 11 is 3.80. The number of rotatable bonds is 1. The third-order valence-electron chi connectivity index (χ3n) is 3.72. The van der Waals surface area contributed by atoms with Crippen LogP contribution in [0.3, 0.4) is 0 Å². The molecule has 0 aliphatic heterocycles.